The van der Waals surface area contributed by atoms with Crippen LogP contribution in [0.25, 0.3) is 11.0 Å². The highest BCUT2D eigenvalue weighted by atomic mass is 35.5. The van der Waals surface area contributed by atoms with Crippen LogP contribution in [-0.4, -0.2) is 17.4 Å². The zero-order valence-corrected chi connectivity index (χ0v) is 13.1. The van der Waals surface area contributed by atoms with Crippen molar-refractivity contribution in [3.8, 4) is 0 Å². The van der Waals surface area contributed by atoms with Crippen molar-refractivity contribution in [3.63, 3.8) is 0 Å². The van der Waals surface area contributed by atoms with Crippen LogP contribution in [0.4, 0.5) is 0 Å². The van der Waals surface area contributed by atoms with Gasteiger partial charge in [0.25, 0.3) is 10.0 Å². The summed E-state index contributed by atoms with van der Waals surface area (Å²) >= 11 is 5.84. The summed E-state index contributed by atoms with van der Waals surface area (Å²) < 4.78 is 27.0. The molecule has 0 saturated carbocycles. The number of nitrogens with zero attached hydrogens (tertiary/aromatic N) is 2. The molecular formula is C15H13ClN2O2S. The number of halogens is 1. The second-order valence-corrected chi connectivity index (χ2v) is 7.09. The molecule has 0 N–H and O–H groups in total. The minimum absolute atomic E-state index is 0.301. The Bertz CT molecular complexity index is 945. The minimum atomic E-state index is -3.65. The third kappa shape index (κ3) is 2.32. The van der Waals surface area contributed by atoms with Crippen LogP contribution in [0.3, 0.4) is 0 Å². The van der Waals surface area contributed by atoms with Crippen LogP contribution in [0.5, 0.6) is 0 Å². The van der Waals surface area contributed by atoms with E-state index < -0.39 is 10.0 Å². The SMILES string of the molecule is Cc1ccc(C)c(S(=O)(=O)n2ccc3nc(Cl)ccc32)c1. The average molecular weight is 321 g/mol. The van der Waals surface area contributed by atoms with E-state index in [9.17, 15) is 8.42 Å². The first kappa shape index (κ1) is 14.1. The minimum Gasteiger partial charge on any atom is -0.239 e. The van der Waals surface area contributed by atoms with E-state index in [1.807, 2.05) is 19.1 Å². The van der Waals surface area contributed by atoms with Crippen molar-refractivity contribution in [2.24, 2.45) is 0 Å². The molecule has 0 unspecified atom stereocenters. The van der Waals surface area contributed by atoms with E-state index in [0.29, 0.717) is 26.6 Å². The summed E-state index contributed by atoms with van der Waals surface area (Å²) in [5, 5.41) is 0.337. The summed E-state index contributed by atoms with van der Waals surface area (Å²) in [4.78, 5) is 4.42. The molecule has 108 valence electrons. The Hall–Kier alpha value is -1.85. The number of aryl methyl sites for hydroxylation is 2. The van der Waals surface area contributed by atoms with E-state index in [4.69, 9.17) is 11.6 Å². The quantitative estimate of drug-likeness (QED) is 0.679. The number of fused-ring (bicyclic) bond motifs is 1. The van der Waals surface area contributed by atoms with E-state index in [0.717, 1.165) is 5.56 Å². The van der Waals surface area contributed by atoms with Crippen molar-refractivity contribution < 1.29 is 8.42 Å². The third-order valence-corrected chi connectivity index (χ3v) is 5.40. The van der Waals surface area contributed by atoms with E-state index in [2.05, 4.69) is 4.98 Å². The van der Waals surface area contributed by atoms with Crippen molar-refractivity contribution in [2.45, 2.75) is 18.7 Å². The van der Waals surface area contributed by atoms with Crippen LogP contribution >= 0.6 is 11.6 Å². The number of benzene rings is 1. The number of rotatable bonds is 2. The standard InChI is InChI=1S/C15H13ClN2O2S/c1-10-3-4-11(2)14(9-10)21(19,20)18-8-7-12-13(18)5-6-15(16)17-12/h3-9H,1-2H3. The third-order valence-electron chi connectivity index (χ3n) is 3.35. The lowest BCUT2D eigenvalue weighted by Gasteiger charge is -2.11. The van der Waals surface area contributed by atoms with Gasteiger partial charge in [0.1, 0.15) is 5.15 Å². The van der Waals surface area contributed by atoms with Crippen molar-refractivity contribution in [2.75, 3.05) is 0 Å². The Morgan fingerprint density at radius 3 is 2.62 bits per heavy atom. The van der Waals surface area contributed by atoms with Gasteiger partial charge >= 0.3 is 0 Å². The molecule has 0 spiro atoms. The van der Waals surface area contributed by atoms with Crippen LogP contribution in [0.2, 0.25) is 5.15 Å². The maximum absolute atomic E-state index is 12.9. The largest absolute Gasteiger partial charge is 0.268 e. The Kier molecular flexibility index (Phi) is 3.26. The van der Waals surface area contributed by atoms with Gasteiger partial charge in [-0.05, 0) is 49.2 Å². The molecule has 0 saturated heterocycles. The van der Waals surface area contributed by atoms with E-state index in [-0.39, 0.29) is 0 Å². The van der Waals surface area contributed by atoms with Crippen molar-refractivity contribution >= 4 is 32.7 Å². The van der Waals surface area contributed by atoms with Crippen molar-refractivity contribution in [1.82, 2.24) is 8.96 Å². The predicted molar refractivity (Wildman–Crippen MR) is 83.2 cm³/mol. The van der Waals surface area contributed by atoms with Gasteiger partial charge in [-0.25, -0.2) is 17.4 Å². The topological polar surface area (TPSA) is 52.0 Å². The van der Waals surface area contributed by atoms with Gasteiger partial charge < -0.3 is 0 Å². The summed E-state index contributed by atoms with van der Waals surface area (Å²) in [6.07, 6.45) is 1.51. The highest BCUT2D eigenvalue weighted by Gasteiger charge is 2.21. The first-order valence-electron chi connectivity index (χ1n) is 6.36. The summed E-state index contributed by atoms with van der Waals surface area (Å²) in [7, 11) is -3.65. The maximum atomic E-state index is 12.9. The van der Waals surface area contributed by atoms with Crippen LogP contribution < -0.4 is 0 Å². The lowest BCUT2D eigenvalue weighted by Crippen LogP contribution is -2.13. The van der Waals surface area contributed by atoms with Gasteiger partial charge in [0.05, 0.1) is 15.9 Å². The Labute approximate surface area is 128 Å². The van der Waals surface area contributed by atoms with Crippen LogP contribution in [0.1, 0.15) is 11.1 Å². The molecule has 2 aromatic heterocycles. The smallest absolute Gasteiger partial charge is 0.239 e. The number of hydrogen-bond donors (Lipinski definition) is 0. The summed E-state index contributed by atoms with van der Waals surface area (Å²) in [5.41, 5.74) is 2.68. The molecule has 2 heterocycles. The van der Waals surface area contributed by atoms with Gasteiger partial charge in [-0.3, -0.25) is 0 Å². The molecule has 1 aromatic carbocycles. The molecule has 3 aromatic rings. The van der Waals surface area contributed by atoms with Gasteiger partial charge in [-0.15, -0.1) is 0 Å². The number of pyridine rings is 1. The lowest BCUT2D eigenvalue weighted by molar-refractivity contribution is 0.588. The molecule has 0 atom stereocenters. The number of aromatic nitrogens is 2. The molecule has 0 aliphatic rings. The average Bonchev–Trinajstić information content (AvgIpc) is 2.84. The van der Waals surface area contributed by atoms with Crippen LogP contribution in [0, 0.1) is 13.8 Å². The highest BCUT2D eigenvalue weighted by molar-refractivity contribution is 7.90. The highest BCUT2D eigenvalue weighted by Crippen LogP contribution is 2.25. The molecular weight excluding hydrogens is 308 g/mol. The summed E-state index contributed by atoms with van der Waals surface area (Å²) in [6, 6.07) is 10.3. The first-order valence-corrected chi connectivity index (χ1v) is 8.18. The van der Waals surface area contributed by atoms with Crippen molar-refractivity contribution in [1.29, 1.82) is 0 Å². The Morgan fingerprint density at radius 2 is 1.86 bits per heavy atom. The second kappa shape index (κ2) is 4.86. The Morgan fingerprint density at radius 1 is 1.10 bits per heavy atom. The number of hydrogen-bond acceptors (Lipinski definition) is 3. The Balaban J connectivity index is 2.28. The van der Waals surface area contributed by atoms with Crippen LogP contribution in [0.15, 0.2) is 47.5 Å². The monoisotopic (exact) mass is 320 g/mol. The van der Waals surface area contributed by atoms with Gasteiger partial charge in [-0.1, -0.05) is 23.7 Å². The zero-order valence-electron chi connectivity index (χ0n) is 11.5. The molecule has 0 amide bonds. The molecule has 0 aliphatic carbocycles. The predicted octanol–water partition coefficient (Wildman–Crippen LogP) is 3.54. The molecule has 3 rings (SSSR count). The molecule has 0 fully saturated rings. The molecule has 0 aliphatic heterocycles. The molecule has 21 heavy (non-hydrogen) atoms. The fraction of sp³-hybridized carbons (Fsp3) is 0.133. The lowest BCUT2D eigenvalue weighted by atomic mass is 10.2. The molecule has 4 nitrogen and oxygen atoms in total. The molecule has 0 radical (unpaired) electrons. The fourth-order valence-electron chi connectivity index (χ4n) is 2.27. The fourth-order valence-corrected chi connectivity index (χ4v) is 4.08. The van der Waals surface area contributed by atoms with Crippen LogP contribution in [-0.2, 0) is 10.0 Å². The van der Waals surface area contributed by atoms with E-state index in [1.54, 1.807) is 31.2 Å². The molecule has 6 heteroatoms. The van der Waals surface area contributed by atoms with Gasteiger partial charge in [0, 0.05) is 6.20 Å². The van der Waals surface area contributed by atoms with Crippen molar-refractivity contribution in [3.05, 3.63) is 58.9 Å². The zero-order chi connectivity index (χ0) is 15.2. The van der Waals surface area contributed by atoms with E-state index >= 15 is 0 Å². The molecule has 0 bridgehead atoms. The van der Waals surface area contributed by atoms with Gasteiger partial charge in [0.15, 0.2) is 0 Å². The summed E-state index contributed by atoms with van der Waals surface area (Å²) in [6.45, 7) is 3.65. The van der Waals surface area contributed by atoms with Gasteiger partial charge in [0.2, 0.25) is 0 Å². The summed E-state index contributed by atoms with van der Waals surface area (Å²) in [5.74, 6) is 0. The van der Waals surface area contributed by atoms with Gasteiger partial charge in [-0.2, -0.15) is 0 Å². The first-order chi connectivity index (χ1) is 9.89. The maximum Gasteiger partial charge on any atom is 0.268 e. The normalized spacial score (nSPS) is 12.0. The van der Waals surface area contributed by atoms with E-state index in [1.165, 1.54) is 10.2 Å². The second-order valence-electron chi connectivity index (χ2n) is 4.92.